The number of hydrogen-bond donors (Lipinski definition) is 2. The number of carbonyl (C=O) groups is 2. The molecule has 0 aromatic carbocycles. The first-order valence-corrected chi connectivity index (χ1v) is 6.23. The summed E-state index contributed by atoms with van der Waals surface area (Å²) in [6.45, 7) is 0. The average molecular weight is 278 g/mol. The second-order valence-corrected chi connectivity index (χ2v) is 4.82. The van der Waals surface area contributed by atoms with Crippen LogP contribution in [0.25, 0.3) is 0 Å². The summed E-state index contributed by atoms with van der Waals surface area (Å²) >= 11 is 1.06. The van der Waals surface area contributed by atoms with Crippen LogP contribution in [0.4, 0.5) is 0 Å². The van der Waals surface area contributed by atoms with E-state index in [4.69, 9.17) is 5.11 Å². The minimum Gasteiger partial charge on any atom is -0.481 e. The summed E-state index contributed by atoms with van der Waals surface area (Å²) in [4.78, 5) is 25.9. The summed E-state index contributed by atoms with van der Waals surface area (Å²) in [7, 11) is 0. The first kappa shape index (κ1) is 13.2. The minimum absolute atomic E-state index is 0.234. The SMILES string of the molecule is O=C(O)C[C@H]1S/C(=N\N=C/c2cccnc2)NC1=O. The monoisotopic (exact) mass is 278 g/mol. The highest BCUT2D eigenvalue weighted by Gasteiger charge is 2.32. The second-order valence-electron chi connectivity index (χ2n) is 3.63. The van der Waals surface area contributed by atoms with Gasteiger partial charge in [0.2, 0.25) is 5.91 Å². The van der Waals surface area contributed by atoms with Crippen LogP contribution in [-0.2, 0) is 9.59 Å². The van der Waals surface area contributed by atoms with Gasteiger partial charge in [0.1, 0.15) is 5.25 Å². The zero-order chi connectivity index (χ0) is 13.7. The Bertz CT molecular complexity index is 544. The Kier molecular flexibility index (Phi) is 4.24. The van der Waals surface area contributed by atoms with Crippen molar-refractivity contribution >= 4 is 35.0 Å². The van der Waals surface area contributed by atoms with Crippen molar-refractivity contribution in [2.24, 2.45) is 10.2 Å². The van der Waals surface area contributed by atoms with Gasteiger partial charge in [-0.25, -0.2) is 0 Å². The van der Waals surface area contributed by atoms with Crippen LogP contribution in [0.2, 0.25) is 0 Å². The summed E-state index contributed by atoms with van der Waals surface area (Å²) in [6.07, 6.45) is 4.53. The Morgan fingerprint density at radius 1 is 1.63 bits per heavy atom. The zero-order valence-corrected chi connectivity index (χ0v) is 10.5. The predicted octanol–water partition coefficient (Wildman–Crippen LogP) is 0.478. The van der Waals surface area contributed by atoms with Crippen LogP contribution in [0.15, 0.2) is 34.7 Å². The van der Waals surface area contributed by atoms with Crippen molar-refractivity contribution in [1.29, 1.82) is 0 Å². The number of carbonyl (C=O) groups excluding carboxylic acids is 1. The van der Waals surface area contributed by atoms with E-state index in [-0.39, 0.29) is 12.3 Å². The fraction of sp³-hybridized carbons (Fsp3) is 0.182. The van der Waals surface area contributed by atoms with Crippen LogP contribution >= 0.6 is 11.8 Å². The van der Waals surface area contributed by atoms with Gasteiger partial charge < -0.3 is 10.4 Å². The van der Waals surface area contributed by atoms with Gasteiger partial charge in [-0.05, 0) is 6.07 Å². The predicted molar refractivity (Wildman–Crippen MR) is 71.0 cm³/mol. The van der Waals surface area contributed by atoms with E-state index in [1.165, 1.54) is 6.21 Å². The van der Waals surface area contributed by atoms with Crippen molar-refractivity contribution in [2.45, 2.75) is 11.7 Å². The first-order chi connectivity index (χ1) is 9.15. The molecule has 0 radical (unpaired) electrons. The van der Waals surface area contributed by atoms with Gasteiger partial charge in [0, 0.05) is 18.0 Å². The molecule has 1 fully saturated rings. The molecular formula is C11H10N4O3S. The number of amidine groups is 1. The molecule has 0 saturated carbocycles. The molecule has 1 amide bonds. The number of nitrogens with zero attached hydrogens (tertiary/aromatic N) is 3. The molecule has 98 valence electrons. The topological polar surface area (TPSA) is 104 Å². The molecular weight excluding hydrogens is 268 g/mol. The van der Waals surface area contributed by atoms with Crippen LogP contribution in [0.3, 0.4) is 0 Å². The number of amides is 1. The summed E-state index contributed by atoms with van der Waals surface area (Å²) in [5.41, 5.74) is 0.781. The van der Waals surface area contributed by atoms with Crippen LogP contribution in [0.1, 0.15) is 12.0 Å². The normalized spacial score (nSPS) is 20.9. The summed E-state index contributed by atoms with van der Waals surface area (Å²) in [5, 5.41) is 18.4. The molecule has 19 heavy (non-hydrogen) atoms. The van der Waals surface area contributed by atoms with E-state index in [2.05, 4.69) is 20.5 Å². The Labute approximate surface area is 112 Å². The van der Waals surface area contributed by atoms with E-state index < -0.39 is 11.2 Å². The summed E-state index contributed by atoms with van der Waals surface area (Å²) in [6, 6.07) is 3.58. The molecule has 7 nitrogen and oxygen atoms in total. The third-order valence-corrected chi connectivity index (χ3v) is 3.25. The third-order valence-electron chi connectivity index (χ3n) is 2.18. The summed E-state index contributed by atoms with van der Waals surface area (Å²) in [5.74, 6) is -1.38. The fourth-order valence-electron chi connectivity index (χ4n) is 1.35. The molecule has 0 aliphatic carbocycles. The van der Waals surface area contributed by atoms with Crippen molar-refractivity contribution in [2.75, 3.05) is 0 Å². The quantitative estimate of drug-likeness (QED) is 0.615. The van der Waals surface area contributed by atoms with Crippen LogP contribution in [0, 0.1) is 0 Å². The highest BCUT2D eigenvalue weighted by molar-refractivity contribution is 8.15. The number of nitrogens with one attached hydrogen (secondary N) is 1. The maximum atomic E-state index is 11.4. The molecule has 8 heteroatoms. The molecule has 0 spiro atoms. The minimum atomic E-state index is -1.02. The van der Waals surface area contributed by atoms with Crippen LogP contribution in [0.5, 0.6) is 0 Å². The highest BCUT2D eigenvalue weighted by atomic mass is 32.2. The number of thioether (sulfide) groups is 1. The fourth-order valence-corrected chi connectivity index (χ4v) is 2.26. The molecule has 2 heterocycles. The van der Waals surface area contributed by atoms with Gasteiger partial charge in [-0.1, -0.05) is 17.8 Å². The lowest BCUT2D eigenvalue weighted by atomic mass is 10.3. The lowest BCUT2D eigenvalue weighted by Gasteiger charge is -1.97. The number of aromatic nitrogens is 1. The van der Waals surface area contributed by atoms with Gasteiger partial charge in [0.05, 0.1) is 12.6 Å². The van der Waals surface area contributed by atoms with Crippen molar-refractivity contribution < 1.29 is 14.7 Å². The highest BCUT2D eigenvalue weighted by Crippen LogP contribution is 2.22. The number of carboxylic acids is 1. The Morgan fingerprint density at radius 3 is 3.16 bits per heavy atom. The van der Waals surface area contributed by atoms with E-state index in [0.717, 1.165) is 17.3 Å². The van der Waals surface area contributed by atoms with Gasteiger partial charge in [0.15, 0.2) is 5.17 Å². The van der Waals surface area contributed by atoms with Crippen LogP contribution < -0.4 is 5.32 Å². The van der Waals surface area contributed by atoms with Crippen molar-refractivity contribution in [3.8, 4) is 0 Å². The van der Waals surface area contributed by atoms with E-state index >= 15 is 0 Å². The van der Waals surface area contributed by atoms with E-state index in [0.29, 0.717) is 5.17 Å². The van der Waals surface area contributed by atoms with E-state index in [1.54, 1.807) is 18.5 Å². The Balaban J connectivity index is 1.96. The maximum absolute atomic E-state index is 11.4. The number of carboxylic acid groups (broad SMARTS) is 1. The van der Waals surface area contributed by atoms with Gasteiger partial charge in [-0.15, -0.1) is 5.10 Å². The zero-order valence-electron chi connectivity index (χ0n) is 9.68. The van der Waals surface area contributed by atoms with E-state index in [1.807, 2.05) is 6.07 Å². The Morgan fingerprint density at radius 2 is 2.47 bits per heavy atom. The maximum Gasteiger partial charge on any atom is 0.305 e. The third kappa shape index (κ3) is 3.88. The molecule has 1 aromatic rings. The largest absolute Gasteiger partial charge is 0.481 e. The number of rotatable bonds is 4. The van der Waals surface area contributed by atoms with Gasteiger partial charge in [0.25, 0.3) is 0 Å². The van der Waals surface area contributed by atoms with Crippen molar-refractivity contribution in [3.63, 3.8) is 0 Å². The molecule has 1 saturated heterocycles. The van der Waals surface area contributed by atoms with Gasteiger partial charge in [-0.3, -0.25) is 14.6 Å². The lowest BCUT2D eigenvalue weighted by Crippen LogP contribution is -2.26. The van der Waals surface area contributed by atoms with E-state index in [9.17, 15) is 9.59 Å². The lowest BCUT2D eigenvalue weighted by molar-refractivity contribution is -0.138. The molecule has 1 atom stereocenters. The van der Waals surface area contributed by atoms with Gasteiger partial charge >= 0.3 is 5.97 Å². The molecule has 1 aliphatic rings. The molecule has 1 aromatic heterocycles. The Hall–Kier alpha value is -2.22. The summed E-state index contributed by atoms with van der Waals surface area (Å²) < 4.78 is 0. The molecule has 0 unspecified atom stereocenters. The van der Waals surface area contributed by atoms with Crippen molar-refractivity contribution in [1.82, 2.24) is 10.3 Å². The molecule has 2 N–H and O–H groups in total. The number of aliphatic carboxylic acids is 1. The number of hydrogen-bond acceptors (Lipinski definition) is 6. The molecule has 2 rings (SSSR count). The standard InChI is InChI=1S/C11H10N4O3S/c16-9(17)4-8-10(18)14-11(19-8)15-13-6-7-2-1-3-12-5-7/h1-3,5-6,8H,4H2,(H,16,17)(H,14,15,18)/b13-6-/t8-/m1/s1. The molecule has 0 bridgehead atoms. The first-order valence-electron chi connectivity index (χ1n) is 5.35. The average Bonchev–Trinajstić information content (AvgIpc) is 2.70. The molecule has 1 aliphatic heterocycles. The second kappa shape index (κ2) is 6.10. The van der Waals surface area contributed by atoms with Crippen LogP contribution in [-0.4, -0.2) is 38.6 Å². The smallest absolute Gasteiger partial charge is 0.305 e. The van der Waals surface area contributed by atoms with Crippen molar-refractivity contribution in [3.05, 3.63) is 30.1 Å². The number of pyridine rings is 1. The van der Waals surface area contributed by atoms with Gasteiger partial charge in [-0.2, -0.15) is 5.10 Å².